The average molecular weight is 499 g/mol. The molecular weight excluding hydrogens is 473 g/mol. The molecule has 36 heavy (non-hydrogen) atoms. The van der Waals surface area contributed by atoms with Crippen molar-refractivity contribution in [3.05, 3.63) is 83.4 Å². The van der Waals surface area contributed by atoms with Crippen LogP contribution in [0.15, 0.2) is 66.7 Å². The van der Waals surface area contributed by atoms with Gasteiger partial charge in [0.15, 0.2) is 0 Å². The molecule has 0 aromatic heterocycles. The molecule has 3 aromatic carbocycles. The first kappa shape index (κ1) is 25.1. The highest BCUT2D eigenvalue weighted by Crippen LogP contribution is 2.32. The first-order valence-electron chi connectivity index (χ1n) is 11.3. The van der Waals surface area contributed by atoms with Gasteiger partial charge in [0.2, 0.25) is 0 Å². The number of hydrogen-bond acceptors (Lipinski definition) is 4. The molecule has 1 aliphatic rings. The number of benzene rings is 3. The van der Waals surface area contributed by atoms with Gasteiger partial charge in [0, 0.05) is 37.8 Å². The standard InChI is InChI=1S/C27H25F3N2O4/c1-35-20-11-12-23(24(17-20)36-2)26(34)32-15-13-31(14-16-32)25(33)22-6-4-3-5-21(22)18-7-9-19(10-8-18)27(28,29)30/h3-12,17H,13-16H2,1-2H3. The zero-order valence-electron chi connectivity index (χ0n) is 19.8. The Morgan fingerprint density at radius 2 is 1.33 bits per heavy atom. The number of nitrogens with zero attached hydrogens (tertiary/aromatic N) is 2. The Balaban J connectivity index is 1.48. The number of halogens is 3. The van der Waals surface area contributed by atoms with Crippen molar-refractivity contribution in [2.45, 2.75) is 6.18 Å². The number of amides is 2. The van der Waals surface area contributed by atoms with Crippen LogP contribution in [0.2, 0.25) is 0 Å². The van der Waals surface area contributed by atoms with Gasteiger partial charge in [-0.2, -0.15) is 13.2 Å². The first-order valence-corrected chi connectivity index (χ1v) is 11.3. The van der Waals surface area contributed by atoms with E-state index in [1.807, 2.05) is 0 Å². The number of methoxy groups -OCH3 is 2. The summed E-state index contributed by atoms with van der Waals surface area (Å²) in [4.78, 5) is 29.7. The fourth-order valence-corrected chi connectivity index (χ4v) is 4.19. The van der Waals surface area contributed by atoms with Gasteiger partial charge in [0.25, 0.3) is 11.8 Å². The van der Waals surface area contributed by atoms with Gasteiger partial charge in [-0.15, -0.1) is 0 Å². The third kappa shape index (κ3) is 5.15. The zero-order valence-corrected chi connectivity index (χ0v) is 19.8. The van der Waals surface area contributed by atoms with Crippen LogP contribution in [-0.4, -0.2) is 62.0 Å². The number of rotatable bonds is 5. The van der Waals surface area contributed by atoms with Gasteiger partial charge < -0.3 is 19.3 Å². The fraction of sp³-hybridized carbons (Fsp3) is 0.259. The molecule has 0 bridgehead atoms. The van der Waals surface area contributed by atoms with E-state index in [1.165, 1.54) is 26.4 Å². The highest BCUT2D eigenvalue weighted by Gasteiger charge is 2.31. The Labute approximate surface area is 206 Å². The second-order valence-corrected chi connectivity index (χ2v) is 8.27. The lowest BCUT2D eigenvalue weighted by atomic mass is 9.97. The SMILES string of the molecule is COc1ccc(C(=O)N2CCN(C(=O)c3ccccc3-c3ccc(C(F)(F)F)cc3)CC2)c(OC)c1. The molecule has 1 heterocycles. The van der Waals surface area contributed by atoms with Gasteiger partial charge >= 0.3 is 6.18 Å². The quantitative estimate of drug-likeness (QED) is 0.498. The Morgan fingerprint density at radius 1 is 0.750 bits per heavy atom. The van der Waals surface area contributed by atoms with Gasteiger partial charge in [-0.3, -0.25) is 9.59 Å². The molecule has 0 unspecified atom stereocenters. The lowest BCUT2D eigenvalue weighted by molar-refractivity contribution is -0.137. The Kier molecular flexibility index (Phi) is 7.19. The monoisotopic (exact) mass is 498 g/mol. The van der Waals surface area contributed by atoms with Crippen molar-refractivity contribution >= 4 is 11.8 Å². The van der Waals surface area contributed by atoms with Crippen LogP contribution in [0.3, 0.4) is 0 Å². The topological polar surface area (TPSA) is 59.1 Å². The van der Waals surface area contributed by atoms with E-state index in [2.05, 4.69) is 0 Å². The summed E-state index contributed by atoms with van der Waals surface area (Å²) < 4.78 is 49.4. The molecule has 9 heteroatoms. The number of hydrogen-bond donors (Lipinski definition) is 0. The first-order chi connectivity index (χ1) is 17.2. The van der Waals surface area contributed by atoms with Gasteiger partial charge in [-0.05, 0) is 41.5 Å². The lowest BCUT2D eigenvalue weighted by Crippen LogP contribution is -2.50. The Hall–Kier alpha value is -4.01. The number of ether oxygens (including phenoxy) is 2. The largest absolute Gasteiger partial charge is 0.497 e. The zero-order chi connectivity index (χ0) is 25.9. The van der Waals surface area contributed by atoms with Crippen LogP contribution in [0.4, 0.5) is 13.2 Å². The molecule has 0 N–H and O–H groups in total. The van der Waals surface area contributed by atoms with E-state index in [-0.39, 0.29) is 11.8 Å². The molecule has 6 nitrogen and oxygen atoms in total. The molecule has 3 aromatic rings. The van der Waals surface area contributed by atoms with E-state index in [9.17, 15) is 22.8 Å². The van der Waals surface area contributed by atoms with Crippen molar-refractivity contribution in [1.82, 2.24) is 9.80 Å². The van der Waals surface area contributed by atoms with Gasteiger partial charge in [0.1, 0.15) is 11.5 Å². The van der Waals surface area contributed by atoms with E-state index in [4.69, 9.17) is 9.47 Å². The summed E-state index contributed by atoms with van der Waals surface area (Å²) in [6, 6.07) is 16.6. The summed E-state index contributed by atoms with van der Waals surface area (Å²) in [6.45, 7) is 1.32. The smallest absolute Gasteiger partial charge is 0.416 e. The van der Waals surface area contributed by atoms with E-state index < -0.39 is 11.7 Å². The van der Waals surface area contributed by atoms with Crippen LogP contribution >= 0.6 is 0 Å². The molecule has 4 rings (SSSR count). The number of alkyl halides is 3. The predicted molar refractivity (Wildman–Crippen MR) is 128 cm³/mol. The normalized spacial score (nSPS) is 13.9. The molecule has 1 fully saturated rings. The highest BCUT2D eigenvalue weighted by atomic mass is 19.4. The second kappa shape index (κ2) is 10.3. The third-order valence-electron chi connectivity index (χ3n) is 6.17. The minimum absolute atomic E-state index is 0.202. The van der Waals surface area contributed by atoms with Crippen molar-refractivity contribution < 1.29 is 32.2 Å². The molecule has 0 spiro atoms. The third-order valence-corrected chi connectivity index (χ3v) is 6.17. The maximum absolute atomic E-state index is 13.3. The van der Waals surface area contributed by atoms with Crippen molar-refractivity contribution in [2.24, 2.45) is 0 Å². The Morgan fingerprint density at radius 3 is 1.89 bits per heavy atom. The van der Waals surface area contributed by atoms with E-state index in [1.54, 1.807) is 52.3 Å². The van der Waals surface area contributed by atoms with Crippen molar-refractivity contribution in [1.29, 1.82) is 0 Å². The maximum Gasteiger partial charge on any atom is 0.416 e. The summed E-state index contributed by atoms with van der Waals surface area (Å²) >= 11 is 0. The van der Waals surface area contributed by atoms with Crippen LogP contribution in [0.25, 0.3) is 11.1 Å². The molecular formula is C27H25F3N2O4. The van der Waals surface area contributed by atoms with E-state index in [0.29, 0.717) is 59.9 Å². The number of piperazine rings is 1. The highest BCUT2D eigenvalue weighted by molar-refractivity contribution is 6.01. The van der Waals surface area contributed by atoms with Crippen molar-refractivity contribution in [3.63, 3.8) is 0 Å². The number of carbonyl (C=O) groups excluding carboxylic acids is 2. The molecule has 2 amide bonds. The second-order valence-electron chi connectivity index (χ2n) is 8.27. The minimum atomic E-state index is -4.43. The predicted octanol–water partition coefficient (Wildman–Crippen LogP) is 4.99. The fourth-order valence-electron chi connectivity index (χ4n) is 4.19. The summed E-state index contributed by atoms with van der Waals surface area (Å²) in [7, 11) is 3.01. The van der Waals surface area contributed by atoms with Gasteiger partial charge in [-0.25, -0.2) is 0 Å². The lowest BCUT2D eigenvalue weighted by Gasteiger charge is -2.35. The van der Waals surface area contributed by atoms with Crippen molar-refractivity contribution in [2.75, 3.05) is 40.4 Å². The van der Waals surface area contributed by atoms with Crippen LogP contribution in [-0.2, 0) is 6.18 Å². The van der Waals surface area contributed by atoms with E-state index in [0.717, 1.165) is 12.1 Å². The molecule has 0 aliphatic carbocycles. The Bertz CT molecular complexity index is 1250. The molecule has 188 valence electrons. The van der Waals surface area contributed by atoms with E-state index >= 15 is 0 Å². The molecule has 0 radical (unpaired) electrons. The van der Waals surface area contributed by atoms with Crippen LogP contribution in [0.1, 0.15) is 26.3 Å². The van der Waals surface area contributed by atoms with Crippen LogP contribution < -0.4 is 9.47 Å². The van der Waals surface area contributed by atoms with Crippen LogP contribution in [0.5, 0.6) is 11.5 Å². The van der Waals surface area contributed by atoms with Crippen molar-refractivity contribution in [3.8, 4) is 22.6 Å². The van der Waals surface area contributed by atoms with Gasteiger partial charge in [0.05, 0.1) is 25.3 Å². The molecule has 1 aliphatic heterocycles. The average Bonchev–Trinajstić information content (AvgIpc) is 2.91. The van der Waals surface area contributed by atoms with Crippen LogP contribution in [0, 0.1) is 0 Å². The summed E-state index contributed by atoms with van der Waals surface area (Å²) in [6.07, 6.45) is -4.43. The molecule has 0 saturated carbocycles. The summed E-state index contributed by atoms with van der Waals surface area (Å²) in [5.74, 6) is 0.542. The summed E-state index contributed by atoms with van der Waals surface area (Å²) in [5.41, 5.74) is 1.13. The van der Waals surface area contributed by atoms with Gasteiger partial charge in [-0.1, -0.05) is 30.3 Å². The molecule has 1 saturated heterocycles. The maximum atomic E-state index is 13.3. The molecule has 0 atom stereocenters. The minimum Gasteiger partial charge on any atom is -0.497 e. The summed E-state index contributed by atoms with van der Waals surface area (Å²) in [5, 5.41) is 0. The number of carbonyl (C=O) groups is 2.